The van der Waals surface area contributed by atoms with Gasteiger partial charge in [0, 0.05) is 10.0 Å². The van der Waals surface area contributed by atoms with E-state index in [2.05, 4.69) is 15.9 Å². The Morgan fingerprint density at radius 2 is 1.86 bits per heavy atom. The fraction of sp³-hybridized carbons (Fsp3) is 0.700. The van der Waals surface area contributed by atoms with Gasteiger partial charge in [-0.05, 0) is 39.8 Å². The number of halogens is 1. The van der Waals surface area contributed by atoms with Crippen molar-refractivity contribution in [1.29, 1.82) is 0 Å². The van der Waals surface area contributed by atoms with Crippen LogP contribution in [0.25, 0.3) is 0 Å². The zero-order chi connectivity index (χ0) is 20.1. The summed E-state index contributed by atoms with van der Waals surface area (Å²) in [5.74, 6) is -0.609. The van der Waals surface area contributed by atoms with Crippen LogP contribution in [0.15, 0.2) is 22.7 Å². The topological polar surface area (TPSA) is 64.6 Å². The summed E-state index contributed by atoms with van der Waals surface area (Å²) in [6.07, 6.45) is -1.80. The highest BCUT2D eigenvalue weighted by molar-refractivity contribution is 9.10. The van der Waals surface area contributed by atoms with Crippen molar-refractivity contribution in [3.05, 3.63) is 28.2 Å². The molecule has 28 heavy (non-hydrogen) atoms. The van der Waals surface area contributed by atoms with E-state index in [9.17, 15) is 0 Å². The molecule has 0 radical (unpaired) electrons. The van der Waals surface area contributed by atoms with Crippen molar-refractivity contribution < 1.29 is 33.2 Å². The lowest BCUT2D eigenvalue weighted by atomic mass is 10.1. The van der Waals surface area contributed by atoms with Crippen LogP contribution in [0.5, 0.6) is 5.75 Å². The molecule has 7 nitrogen and oxygen atoms in total. The lowest BCUT2D eigenvalue weighted by Crippen LogP contribution is -2.44. The van der Waals surface area contributed by atoms with Crippen molar-refractivity contribution in [3.63, 3.8) is 0 Å². The van der Waals surface area contributed by atoms with E-state index >= 15 is 0 Å². The van der Waals surface area contributed by atoms with E-state index in [0.29, 0.717) is 13.2 Å². The van der Waals surface area contributed by atoms with Gasteiger partial charge in [0.15, 0.2) is 17.9 Å². The third-order valence-electron chi connectivity index (χ3n) is 5.10. The molecule has 3 aliphatic rings. The average Bonchev–Trinajstić information content (AvgIpc) is 3.22. The van der Waals surface area contributed by atoms with E-state index in [1.807, 2.05) is 45.9 Å². The molecule has 0 aliphatic carbocycles. The van der Waals surface area contributed by atoms with Crippen LogP contribution in [0, 0.1) is 0 Å². The van der Waals surface area contributed by atoms with Gasteiger partial charge in [0.1, 0.15) is 30.2 Å². The molecule has 5 atom stereocenters. The van der Waals surface area contributed by atoms with E-state index in [1.54, 1.807) is 7.11 Å². The van der Waals surface area contributed by atoms with Crippen molar-refractivity contribution in [3.8, 4) is 5.75 Å². The number of fused-ring (bicyclic) bond motifs is 1. The van der Waals surface area contributed by atoms with Gasteiger partial charge in [-0.1, -0.05) is 22.0 Å². The molecule has 1 aromatic carbocycles. The summed E-state index contributed by atoms with van der Waals surface area (Å²) >= 11 is 3.46. The Kier molecular flexibility index (Phi) is 5.50. The first kappa shape index (κ1) is 20.5. The molecule has 0 N–H and O–H groups in total. The molecule has 0 spiro atoms. The third kappa shape index (κ3) is 4.09. The number of hydrogen-bond donors (Lipinski definition) is 0. The van der Waals surface area contributed by atoms with Crippen LogP contribution in [-0.4, -0.2) is 56.0 Å². The number of rotatable bonds is 5. The molecule has 3 saturated heterocycles. The zero-order valence-corrected chi connectivity index (χ0v) is 18.4. The second-order valence-corrected chi connectivity index (χ2v) is 9.08. The van der Waals surface area contributed by atoms with Gasteiger partial charge >= 0.3 is 0 Å². The lowest BCUT2D eigenvalue weighted by Gasteiger charge is -2.29. The summed E-state index contributed by atoms with van der Waals surface area (Å²) in [5.41, 5.74) is 0.940. The van der Waals surface area contributed by atoms with Crippen LogP contribution in [0.1, 0.15) is 33.3 Å². The van der Waals surface area contributed by atoms with Crippen LogP contribution in [0.3, 0.4) is 0 Å². The van der Waals surface area contributed by atoms with Crippen LogP contribution >= 0.6 is 15.9 Å². The zero-order valence-electron chi connectivity index (χ0n) is 16.8. The predicted molar refractivity (Wildman–Crippen MR) is 103 cm³/mol. The Labute approximate surface area is 173 Å². The normalized spacial score (nSPS) is 35.9. The van der Waals surface area contributed by atoms with Gasteiger partial charge in [0.25, 0.3) is 0 Å². The van der Waals surface area contributed by atoms with Gasteiger partial charge in [-0.2, -0.15) is 0 Å². The molecule has 0 bridgehead atoms. The second-order valence-electron chi connectivity index (χ2n) is 8.17. The molecule has 0 saturated carbocycles. The minimum atomic E-state index is -0.719. The van der Waals surface area contributed by atoms with Crippen molar-refractivity contribution in [2.75, 3.05) is 13.7 Å². The Morgan fingerprint density at radius 1 is 1.07 bits per heavy atom. The first-order valence-corrected chi connectivity index (χ1v) is 10.2. The summed E-state index contributed by atoms with van der Waals surface area (Å²) in [5, 5.41) is 0. The Balaban J connectivity index is 1.52. The number of hydrogen-bond acceptors (Lipinski definition) is 7. The highest BCUT2D eigenvalue weighted by Crippen LogP contribution is 2.42. The molecular weight excluding hydrogens is 432 g/mol. The average molecular weight is 459 g/mol. The Morgan fingerprint density at radius 3 is 2.54 bits per heavy atom. The van der Waals surface area contributed by atoms with Crippen molar-refractivity contribution in [1.82, 2.24) is 0 Å². The highest BCUT2D eigenvalue weighted by atomic mass is 79.9. The number of benzene rings is 1. The van der Waals surface area contributed by atoms with Gasteiger partial charge in [-0.15, -0.1) is 0 Å². The first-order valence-electron chi connectivity index (χ1n) is 9.44. The van der Waals surface area contributed by atoms with Crippen molar-refractivity contribution in [2.24, 2.45) is 0 Å². The SMILES string of the molecule is COc1cc(Br)ccc1CO[C@@H]1[C@H]2OC(C)(C)O[C@H]2O[C@@H]1[C@H]1COC(C)(C)O1. The molecule has 0 amide bonds. The van der Waals surface area contributed by atoms with Crippen LogP contribution in [0.4, 0.5) is 0 Å². The minimum absolute atomic E-state index is 0.257. The van der Waals surface area contributed by atoms with E-state index in [1.165, 1.54) is 0 Å². The molecule has 3 heterocycles. The van der Waals surface area contributed by atoms with E-state index in [0.717, 1.165) is 15.8 Å². The molecule has 8 heteroatoms. The molecule has 0 unspecified atom stereocenters. The molecular formula is C20H27BrO7. The predicted octanol–water partition coefficient (Wildman–Crippen LogP) is 3.37. The van der Waals surface area contributed by atoms with Gasteiger partial charge in [0.2, 0.25) is 0 Å². The number of ether oxygens (including phenoxy) is 7. The van der Waals surface area contributed by atoms with Gasteiger partial charge in [0.05, 0.1) is 20.3 Å². The first-order chi connectivity index (χ1) is 13.2. The molecule has 0 aromatic heterocycles. The molecule has 3 fully saturated rings. The largest absolute Gasteiger partial charge is 0.496 e. The maximum absolute atomic E-state index is 6.31. The van der Waals surface area contributed by atoms with E-state index < -0.39 is 17.9 Å². The molecule has 3 aliphatic heterocycles. The molecule has 156 valence electrons. The van der Waals surface area contributed by atoms with Gasteiger partial charge in [-0.3, -0.25) is 0 Å². The van der Waals surface area contributed by atoms with Gasteiger partial charge < -0.3 is 33.2 Å². The van der Waals surface area contributed by atoms with Gasteiger partial charge in [-0.25, -0.2) is 0 Å². The van der Waals surface area contributed by atoms with Crippen LogP contribution in [0.2, 0.25) is 0 Å². The summed E-state index contributed by atoms with van der Waals surface area (Å²) in [6, 6.07) is 5.85. The molecule has 1 aromatic rings. The van der Waals surface area contributed by atoms with Crippen LogP contribution < -0.4 is 4.74 Å². The fourth-order valence-corrected chi connectivity index (χ4v) is 4.23. The smallest absolute Gasteiger partial charge is 0.190 e. The maximum Gasteiger partial charge on any atom is 0.190 e. The summed E-state index contributed by atoms with van der Waals surface area (Å²) in [7, 11) is 1.64. The second kappa shape index (κ2) is 7.50. The third-order valence-corrected chi connectivity index (χ3v) is 5.60. The fourth-order valence-electron chi connectivity index (χ4n) is 3.89. The Hall–Kier alpha value is -0.740. The monoisotopic (exact) mass is 458 g/mol. The summed E-state index contributed by atoms with van der Waals surface area (Å²) in [4.78, 5) is 0. The highest BCUT2D eigenvalue weighted by Gasteiger charge is 2.58. The Bertz CT molecular complexity index is 723. The standard InChI is InChI=1S/C20H27BrO7/c1-19(2)24-10-14(26-19)15-16(17-18(25-15)28-20(3,4)27-17)23-9-11-6-7-12(21)8-13(11)22-5/h6-8,14-18H,9-10H2,1-5H3/t14-,15-,16+,17-,18-/m1/s1. The quantitative estimate of drug-likeness (QED) is 0.669. The van der Waals surface area contributed by atoms with E-state index in [-0.39, 0.29) is 24.4 Å². The van der Waals surface area contributed by atoms with Crippen molar-refractivity contribution >= 4 is 15.9 Å². The number of methoxy groups -OCH3 is 1. The van der Waals surface area contributed by atoms with Crippen LogP contribution in [-0.2, 0) is 35.0 Å². The van der Waals surface area contributed by atoms with E-state index in [4.69, 9.17) is 33.2 Å². The summed E-state index contributed by atoms with van der Waals surface area (Å²) in [6.45, 7) is 8.31. The maximum atomic E-state index is 6.31. The lowest BCUT2D eigenvalue weighted by molar-refractivity contribution is -0.236. The minimum Gasteiger partial charge on any atom is -0.496 e. The van der Waals surface area contributed by atoms with Crippen molar-refractivity contribution in [2.45, 2.75) is 76.6 Å². The molecule has 4 rings (SSSR count). The summed E-state index contributed by atoms with van der Waals surface area (Å²) < 4.78 is 42.6.